The van der Waals surface area contributed by atoms with Gasteiger partial charge in [0.25, 0.3) is 5.91 Å². The first-order valence-electron chi connectivity index (χ1n) is 16.3. The molecule has 1 aliphatic rings. The fraction of sp³-hybridized carbons (Fsp3) is 0.364. The number of halogens is 10. The van der Waals surface area contributed by atoms with Crippen molar-refractivity contribution in [2.24, 2.45) is 16.0 Å². The third kappa shape index (κ3) is 12.2. The highest BCUT2D eigenvalue weighted by molar-refractivity contribution is 9.11. The second kappa shape index (κ2) is 22.3. The Hall–Kier alpha value is -3.24. The number of nitrogens with two attached hydrogens (primary N) is 1. The molecule has 3 aromatic rings. The number of hydrogen-bond donors (Lipinski definition) is 7. The molecule has 3 aromatic carbocycles. The van der Waals surface area contributed by atoms with Gasteiger partial charge in [-0.25, -0.2) is 0 Å². The first-order chi connectivity index (χ1) is 27.3. The number of carbonyl (C=O) groups excluding carboxylic acids is 3. The van der Waals surface area contributed by atoms with Crippen LogP contribution in [0.25, 0.3) is 0 Å². The average Bonchev–Trinajstić information content (AvgIpc) is 3.99. The molecule has 354 valence electrons. The monoisotopic (exact) mass is 1150 g/mol. The van der Waals surface area contributed by atoms with Crippen molar-refractivity contribution < 1.29 is 72.3 Å². The molecule has 0 fully saturated rings. The third-order valence-corrected chi connectivity index (χ3v) is 14.3. The van der Waals surface area contributed by atoms with Gasteiger partial charge in [-0.3, -0.25) is 23.5 Å². The maximum atomic E-state index is 15.3. The Labute approximate surface area is 380 Å². The summed E-state index contributed by atoms with van der Waals surface area (Å²) in [5.41, 5.74) is -8.06. The second-order valence-electron chi connectivity index (χ2n) is 12.4. The summed E-state index contributed by atoms with van der Waals surface area (Å²) in [7, 11) is -6.96. The molecule has 0 aromatic heterocycles. The molecule has 3 amide bonds. The molecule has 4 rings (SSSR count). The fourth-order valence-electron chi connectivity index (χ4n) is 5.54. The van der Waals surface area contributed by atoms with Crippen LogP contribution < -0.4 is 41.0 Å². The number of alkyl halides is 7. The summed E-state index contributed by atoms with van der Waals surface area (Å²) in [6.45, 7) is 0. The molecule has 63 heavy (non-hydrogen) atoms. The zero-order valence-electron chi connectivity index (χ0n) is 34.6. The average molecular weight is 1150 g/mol. The molecule has 0 unspecified atom stereocenters. The van der Waals surface area contributed by atoms with Gasteiger partial charge in [0.2, 0.25) is 11.8 Å². The van der Waals surface area contributed by atoms with Crippen molar-refractivity contribution in [2.45, 2.75) is 48.1 Å². The normalized spacial score (nSPS) is 14.4. The summed E-state index contributed by atoms with van der Waals surface area (Å²) in [6, 6.07) is 5.82. The summed E-state index contributed by atoms with van der Waals surface area (Å²) in [4.78, 5) is 40.2. The Morgan fingerprint density at radius 2 is 1.10 bits per heavy atom. The van der Waals surface area contributed by atoms with Crippen molar-refractivity contribution in [2.75, 3.05) is 28.4 Å². The van der Waals surface area contributed by atoms with Crippen molar-refractivity contribution in [1.82, 2.24) is 35.2 Å². The van der Waals surface area contributed by atoms with Gasteiger partial charge in [0.05, 0.1) is 0 Å². The van der Waals surface area contributed by atoms with Crippen molar-refractivity contribution in [3.05, 3.63) is 101 Å². The molecule has 0 bridgehead atoms. The lowest BCUT2D eigenvalue weighted by molar-refractivity contribution is -0.166. The molecule has 1 aliphatic heterocycles. The van der Waals surface area contributed by atoms with Crippen molar-refractivity contribution in [3.8, 4) is 0 Å². The molecule has 30 heteroatoms. The van der Waals surface area contributed by atoms with E-state index in [1.165, 1.54) is 0 Å². The molecule has 0 saturated heterocycles. The minimum atomic E-state index is -5.03. The quantitative estimate of drug-likeness (QED) is 0.0470. The SMILES string of the molecule is COP(=O)(OC)C(F)(F)c1ccc(C[C@H](NC(=O)[C@H](Cc2ccc(C(F)(F)P(=O)(OC)OC)c(Br)c2)NC(=O)c2cc(Br)cc(C3(C(F)(F)F)N=N3)c2)C(N)=O)cc1Br.[NH4+].[NH4+].[NH4+].[NH4+]. The first-order valence-corrected chi connectivity index (χ1v) is 21.7. The van der Waals surface area contributed by atoms with Gasteiger partial charge in [-0.15, -0.1) is 10.2 Å². The van der Waals surface area contributed by atoms with Crippen LogP contribution in [0.15, 0.2) is 78.2 Å². The zero-order valence-corrected chi connectivity index (χ0v) is 41.1. The highest BCUT2D eigenvalue weighted by Gasteiger charge is 2.65. The lowest BCUT2D eigenvalue weighted by Crippen LogP contribution is -2.54. The fourth-order valence-corrected chi connectivity index (χ4v) is 9.89. The van der Waals surface area contributed by atoms with Gasteiger partial charge in [-0.1, -0.05) is 72.1 Å². The van der Waals surface area contributed by atoms with Crippen LogP contribution >= 0.6 is 63.0 Å². The Kier molecular flexibility index (Phi) is 21.2. The molecule has 20 N–H and O–H groups in total. The van der Waals surface area contributed by atoms with E-state index in [0.717, 1.165) is 83.0 Å². The molecule has 0 aliphatic carbocycles. The van der Waals surface area contributed by atoms with E-state index >= 15 is 17.6 Å². The van der Waals surface area contributed by atoms with Crippen LogP contribution in [0, 0.1) is 0 Å². The number of nitrogens with zero attached hydrogens (tertiary/aromatic N) is 2. The van der Waals surface area contributed by atoms with Crippen molar-refractivity contribution >= 4 is 80.7 Å². The number of carbonyl (C=O) groups is 3. The van der Waals surface area contributed by atoms with Crippen LogP contribution in [0.4, 0.5) is 30.7 Å². The van der Waals surface area contributed by atoms with E-state index in [2.05, 4.69) is 86.7 Å². The van der Waals surface area contributed by atoms with E-state index in [4.69, 9.17) is 5.73 Å². The number of rotatable bonds is 18. The van der Waals surface area contributed by atoms with Gasteiger partial charge < -0.3 is 59.1 Å². The lowest BCUT2D eigenvalue weighted by atomic mass is 9.99. The minimum absolute atomic E-state index is 0. The molecule has 18 nitrogen and oxygen atoms in total. The summed E-state index contributed by atoms with van der Waals surface area (Å²) >= 11 is 9.02. The first kappa shape index (κ1) is 59.8. The number of amides is 3. The maximum Gasteiger partial charge on any atom is 0.442 e. The largest absolute Gasteiger partial charge is 0.442 e. The van der Waals surface area contributed by atoms with Gasteiger partial charge in [0.15, 0.2) is 0 Å². The van der Waals surface area contributed by atoms with Crippen LogP contribution in [-0.4, -0.2) is 64.4 Å². The van der Waals surface area contributed by atoms with E-state index in [1.807, 2.05) is 0 Å². The molecular formula is C33H47Br3F7N9O9P2+4. The van der Waals surface area contributed by atoms with Gasteiger partial charge >= 0.3 is 38.4 Å². The Morgan fingerprint density at radius 1 is 0.683 bits per heavy atom. The topological polar surface area (TPSA) is 343 Å². The van der Waals surface area contributed by atoms with Crippen molar-refractivity contribution in [3.63, 3.8) is 0 Å². The highest BCUT2D eigenvalue weighted by Crippen LogP contribution is 2.67. The Bertz CT molecular complexity index is 2260. The smallest absolute Gasteiger partial charge is 0.369 e. The lowest BCUT2D eigenvalue weighted by Gasteiger charge is -2.26. The number of benzene rings is 3. The van der Waals surface area contributed by atoms with E-state index in [1.54, 1.807) is 0 Å². The molecule has 0 radical (unpaired) electrons. The van der Waals surface area contributed by atoms with Gasteiger partial charge in [-0.2, -0.15) is 30.7 Å². The van der Waals surface area contributed by atoms with Crippen LogP contribution in [0.3, 0.4) is 0 Å². The van der Waals surface area contributed by atoms with Gasteiger partial charge in [-0.05, 0) is 41.5 Å². The predicted molar refractivity (Wildman–Crippen MR) is 230 cm³/mol. The maximum absolute atomic E-state index is 15.3. The van der Waals surface area contributed by atoms with Crippen LogP contribution in [-0.2, 0) is 66.6 Å². The molecule has 1 heterocycles. The number of primary amides is 1. The number of nitrogens with one attached hydrogen (secondary N) is 2. The predicted octanol–water partition coefficient (Wildman–Crippen LogP) is 10.3. The van der Waals surface area contributed by atoms with E-state index < -0.39 is 103 Å². The summed E-state index contributed by atoms with van der Waals surface area (Å²) in [6.07, 6.45) is -5.92. The Balaban J connectivity index is 0.00000961. The second-order valence-corrected chi connectivity index (χ2v) is 19.6. The van der Waals surface area contributed by atoms with Gasteiger partial charge in [0.1, 0.15) is 12.1 Å². The molecule has 0 spiro atoms. The highest BCUT2D eigenvalue weighted by atomic mass is 79.9. The van der Waals surface area contributed by atoms with Crippen molar-refractivity contribution in [1.29, 1.82) is 0 Å². The van der Waals surface area contributed by atoms with Gasteiger partial charge in [0, 0.05) is 77.0 Å². The van der Waals surface area contributed by atoms with Crippen LogP contribution in [0.2, 0.25) is 0 Å². The summed E-state index contributed by atoms with van der Waals surface area (Å²) in [5.74, 6) is -3.37. The van der Waals surface area contributed by atoms with Crippen LogP contribution in [0.5, 0.6) is 0 Å². The minimum Gasteiger partial charge on any atom is -0.369 e. The molecule has 2 atom stereocenters. The van der Waals surface area contributed by atoms with E-state index in [-0.39, 0.29) is 49.1 Å². The summed E-state index contributed by atoms with van der Waals surface area (Å²) in [5, 5.41) is 11.0. The standard InChI is InChI=1S/C33H31Br3F7N5O9P2.4H3N/c1-54-58(52,55-2)31(37,38)21-7-5-16(9-23(21)35)11-25(27(44)49)45-29(51)26(12-17-6-8-22(24(36)10-17)32(39,40)59(53,56-3)57-4)46-28(50)18-13-19(15-20(34)14-18)30(47-48-30)33(41,42)43;;;;/h5-10,13-15,25-26H,11-12H2,1-4H3,(H2,44,49)(H,45,51)(H,46,50);4*1H3/p+4/t25-,26-;;;;/m0..../s1. The number of hydrogen-bond acceptors (Lipinski definition) is 11. The van der Waals surface area contributed by atoms with Crippen LogP contribution in [0.1, 0.15) is 38.2 Å². The third-order valence-electron chi connectivity index (χ3n) is 8.78. The van der Waals surface area contributed by atoms with E-state index in [9.17, 15) is 36.7 Å². The molecule has 0 saturated carbocycles. The van der Waals surface area contributed by atoms with E-state index in [0.29, 0.717) is 0 Å². The number of quaternary nitrogens is 4. The Morgan fingerprint density at radius 3 is 1.44 bits per heavy atom. The summed E-state index contributed by atoms with van der Waals surface area (Å²) < 4.78 is 145. The molecular weight excluding hydrogens is 1100 g/mol. The zero-order chi connectivity index (χ0) is 44.5.